The minimum atomic E-state index is -4.67. The van der Waals surface area contributed by atoms with Crippen molar-refractivity contribution in [2.24, 2.45) is 11.7 Å². The number of hydrogen-bond donors (Lipinski definition) is 2. The average molecular weight is 336 g/mol. The van der Waals surface area contributed by atoms with Crippen LogP contribution in [0.25, 0.3) is 0 Å². The lowest BCUT2D eigenvalue weighted by molar-refractivity contribution is -0.162. The second kappa shape index (κ2) is 6.07. The molecule has 0 aliphatic rings. The summed E-state index contributed by atoms with van der Waals surface area (Å²) in [5.74, 6) is -3.31. The fraction of sp³-hybridized carbons (Fsp3) is 0.300. The van der Waals surface area contributed by atoms with Gasteiger partial charge in [-0.1, -0.05) is 34.8 Å². The Morgan fingerprint density at radius 1 is 1.21 bits per heavy atom. The first kappa shape index (κ1) is 16.2. The fourth-order valence-electron chi connectivity index (χ4n) is 1.15. The molecule has 19 heavy (non-hydrogen) atoms. The maximum atomic E-state index is 12.5. The van der Waals surface area contributed by atoms with Gasteiger partial charge in [0.2, 0.25) is 0 Å². The molecule has 3 nitrogen and oxygen atoms in total. The van der Waals surface area contributed by atoms with Gasteiger partial charge in [0.25, 0.3) is 0 Å². The van der Waals surface area contributed by atoms with Gasteiger partial charge in [0, 0.05) is 6.07 Å². The first-order valence-corrected chi connectivity index (χ1v) is 5.94. The zero-order chi connectivity index (χ0) is 14.8. The summed E-state index contributed by atoms with van der Waals surface area (Å²) in [6.07, 6.45) is -4.67. The van der Waals surface area contributed by atoms with Crippen LogP contribution in [0.1, 0.15) is 0 Å². The molecule has 1 rings (SSSR count). The Morgan fingerprint density at radius 2 is 1.74 bits per heavy atom. The zero-order valence-electron chi connectivity index (χ0n) is 9.19. The predicted octanol–water partition coefficient (Wildman–Crippen LogP) is 4.14. The van der Waals surface area contributed by atoms with E-state index in [0.717, 1.165) is 0 Å². The van der Waals surface area contributed by atoms with Crippen molar-refractivity contribution in [3.05, 3.63) is 27.2 Å². The zero-order valence-corrected chi connectivity index (χ0v) is 11.5. The highest BCUT2D eigenvalue weighted by Gasteiger charge is 2.42. The Labute approximate surface area is 121 Å². The number of benzene rings is 1. The van der Waals surface area contributed by atoms with E-state index in [9.17, 15) is 13.2 Å². The van der Waals surface area contributed by atoms with Crippen LogP contribution in [0.5, 0.6) is 5.75 Å². The largest absolute Gasteiger partial charge is 0.491 e. The number of halogens is 6. The molecule has 1 unspecified atom stereocenters. The molecular formula is C10H8Cl3F3N2O. The number of alkyl halides is 3. The number of nitrogens with one attached hydrogen (secondary N) is 1. The number of amidine groups is 1. The Hall–Kier alpha value is -0.850. The summed E-state index contributed by atoms with van der Waals surface area (Å²) in [7, 11) is 0. The standard InChI is InChI=1S/C10H8Cl3F3N2O/c11-5-1-7(13)8(2-6(5)12)19-3-4(9(17)18)10(14,15)16/h1-2,4H,3H2,(H3,17,18). The lowest BCUT2D eigenvalue weighted by atomic mass is 10.1. The van der Waals surface area contributed by atoms with Gasteiger partial charge in [-0.3, -0.25) is 5.41 Å². The monoisotopic (exact) mass is 334 g/mol. The van der Waals surface area contributed by atoms with Gasteiger partial charge in [-0.2, -0.15) is 13.2 Å². The van der Waals surface area contributed by atoms with Crippen LogP contribution in [-0.2, 0) is 0 Å². The molecule has 0 saturated heterocycles. The second-order valence-corrected chi connectivity index (χ2v) is 4.78. The van der Waals surface area contributed by atoms with Gasteiger partial charge in [-0.05, 0) is 6.07 Å². The van der Waals surface area contributed by atoms with Crippen molar-refractivity contribution in [3.8, 4) is 5.75 Å². The molecule has 0 bridgehead atoms. The summed E-state index contributed by atoms with van der Waals surface area (Å²) in [5.41, 5.74) is 4.88. The van der Waals surface area contributed by atoms with Gasteiger partial charge in [0.15, 0.2) is 0 Å². The van der Waals surface area contributed by atoms with E-state index >= 15 is 0 Å². The first-order chi connectivity index (χ1) is 8.62. The van der Waals surface area contributed by atoms with E-state index in [1.165, 1.54) is 12.1 Å². The lowest BCUT2D eigenvalue weighted by Gasteiger charge is -2.19. The van der Waals surface area contributed by atoms with E-state index in [2.05, 4.69) is 0 Å². The molecule has 0 spiro atoms. The smallest absolute Gasteiger partial charge is 0.401 e. The summed E-state index contributed by atoms with van der Waals surface area (Å²) < 4.78 is 42.5. The number of ether oxygens (including phenoxy) is 1. The van der Waals surface area contributed by atoms with Crippen molar-refractivity contribution < 1.29 is 17.9 Å². The van der Waals surface area contributed by atoms with E-state index in [0.29, 0.717) is 0 Å². The van der Waals surface area contributed by atoms with Crippen LogP contribution >= 0.6 is 34.8 Å². The quantitative estimate of drug-likeness (QED) is 0.493. The van der Waals surface area contributed by atoms with E-state index < -0.39 is 24.5 Å². The van der Waals surface area contributed by atoms with E-state index in [1.54, 1.807) is 0 Å². The molecular weight excluding hydrogens is 327 g/mol. The molecule has 0 saturated carbocycles. The molecule has 1 atom stereocenters. The molecule has 0 amide bonds. The Bertz CT molecular complexity index is 494. The number of nitrogens with two attached hydrogens (primary N) is 1. The summed E-state index contributed by atoms with van der Waals surface area (Å²) in [5, 5.41) is 7.15. The Balaban J connectivity index is 2.86. The molecule has 0 aliphatic carbocycles. The molecule has 0 fully saturated rings. The highest BCUT2D eigenvalue weighted by molar-refractivity contribution is 6.43. The molecule has 106 valence electrons. The second-order valence-electron chi connectivity index (χ2n) is 3.56. The van der Waals surface area contributed by atoms with Crippen molar-refractivity contribution in [3.63, 3.8) is 0 Å². The van der Waals surface area contributed by atoms with Crippen molar-refractivity contribution in [2.45, 2.75) is 6.18 Å². The summed E-state index contributed by atoms with van der Waals surface area (Å²) >= 11 is 17.1. The van der Waals surface area contributed by atoms with Gasteiger partial charge >= 0.3 is 6.18 Å². The SMILES string of the molecule is N=C(N)C(COc1cc(Cl)c(Cl)cc1Cl)C(F)(F)F. The molecule has 3 N–H and O–H groups in total. The lowest BCUT2D eigenvalue weighted by Crippen LogP contribution is -2.39. The highest BCUT2D eigenvalue weighted by Crippen LogP contribution is 2.35. The van der Waals surface area contributed by atoms with Crippen LogP contribution in [0, 0.1) is 11.3 Å². The van der Waals surface area contributed by atoms with Gasteiger partial charge in [0.05, 0.1) is 15.1 Å². The van der Waals surface area contributed by atoms with Crippen molar-refractivity contribution in [1.82, 2.24) is 0 Å². The van der Waals surface area contributed by atoms with Crippen molar-refractivity contribution in [1.29, 1.82) is 5.41 Å². The molecule has 0 aromatic heterocycles. The Kier molecular flexibility index (Phi) is 5.18. The third-order valence-electron chi connectivity index (χ3n) is 2.15. The first-order valence-electron chi connectivity index (χ1n) is 4.81. The predicted molar refractivity (Wildman–Crippen MR) is 68.4 cm³/mol. The Morgan fingerprint density at radius 3 is 2.21 bits per heavy atom. The fourth-order valence-corrected chi connectivity index (χ4v) is 1.74. The van der Waals surface area contributed by atoms with Crippen molar-refractivity contribution >= 4 is 40.6 Å². The number of rotatable bonds is 4. The normalized spacial score (nSPS) is 13.2. The maximum Gasteiger partial charge on any atom is 0.401 e. The summed E-state index contributed by atoms with van der Waals surface area (Å²) in [4.78, 5) is 0. The molecule has 0 heterocycles. The third-order valence-corrected chi connectivity index (χ3v) is 3.17. The van der Waals surface area contributed by atoms with E-state index in [4.69, 9.17) is 50.7 Å². The third kappa shape index (κ3) is 4.33. The number of hydrogen-bond acceptors (Lipinski definition) is 2. The topological polar surface area (TPSA) is 59.1 Å². The van der Waals surface area contributed by atoms with Crippen LogP contribution in [0.3, 0.4) is 0 Å². The minimum absolute atomic E-state index is 0.0128. The average Bonchev–Trinajstić information content (AvgIpc) is 2.23. The van der Waals surface area contributed by atoms with Gasteiger partial charge in [0.1, 0.15) is 24.1 Å². The van der Waals surface area contributed by atoms with E-state index in [1.807, 2.05) is 0 Å². The van der Waals surface area contributed by atoms with Crippen LogP contribution in [0.2, 0.25) is 15.1 Å². The van der Waals surface area contributed by atoms with Gasteiger partial charge in [-0.15, -0.1) is 0 Å². The maximum absolute atomic E-state index is 12.5. The highest BCUT2D eigenvalue weighted by atomic mass is 35.5. The minimum Gasteiger partial charge on any atom is -0.491 e. The summed E-state index contributed by atoms with van der Waals surface area (Å²) in [6.45, 7) is -0.865. The van der Waals surface area contributed by atoms with Crippen LogP contribution in [0.15, 0.2) is 12.1 Å². The molecule has 0 radical (unpaired) electrons. The molecule has 1 aromatic rings. The van der Waals surface area contributed by atoms with Gasteiger partial charge in [-0.25, -0.2) is 0 Å². The molecule has 9 heteroatoms. The summed E-state index contributed by atoms with van der Waals surface area (Å²) in [6, 6.07) is 2.44. The van der Waals surface area contributed by atoms with Crippen LogP contribution in [0.4, 0.5) is 13.2 Å². The van der Waals surface area contributed by atoms with Crippen LogP contribution < -0.4 is 10.5 Å². The van der Waals surface area contributed by atoms with Crippen molar-refractivity contribution in [2.75, 3.05) is 6.61 Å². The van der Waals surface area contributed by atoms with Gasteiger partial charge < -0.3 is 10.5 Å². The van der Waals surface area contributed by atoms with Crippen LogP contribution in [-0.4, -0.2) is 18.6 Å². The van der Waals surface area contributed by atoms with E-state index in [-0.39, 0.29) is 20.8 Å². The molecule has 1 aromatic carbocycles. The molecule has 0 aliphatic heterocycles.